The molecule has 0 saturated heterocycles. The number of hydrogen-bond donors (Lipinski definition) is 0. The monoisotopic (exact) mass is 639 g/mol. The molecule has 0 saturated carbocycles. The molecule has 0 fully saturated rings. The third kappa shape index (κ3) is 7.85. The number of aromatic nitrogens is 1. The minimum absolute atomic E-state index is 0.0190. The van der Waals surface area contributed by atoms with Crippen molar-refractivity contribution < 1.29 is 32.3 Å². The highest BCUT2D eigenvalue weighted by molar-refractivity contribution is 6.20. The van der Waals surface area contributed by atoms with Gasteiger partial charge in [-0.25, -0.2) is 0 Å². The molecule has 3 aromatic rings. The maximum atomic E-state index is 13.2. The van der Waals surface area contributed by atoms with Gasteiger partial charge in [-0.2, -0.15) is 13.2 Å². The highest BCUT2D eigenvalue weighted by Crippen LogP contribution is 2.40. The number of pyridine rings is 1. The predicted molar refractivity (Wildman–Crippen MR) is 170 cm³/mol. The first-order valence-corrected chi connectivity index (χ1v) is 15.1. The number of nitrogens with zero attached hydrogens (tertiary/aromatic N) is 5. The third-order valence-electron chi connectivity index (χ3n) is 8.11. The molecule has 1 aliphatic heterocycles. The van der Waals surface area contributed by atoms with Crippen molar-refractivity contribution in [1.82, 2.24) is 14.8 Å². The Hall–Kier alpha value is -4.45. The van der Waals surface area contributed by atoms with Crippen LogP contribution in [0.15, 0.2) is 67.0 Å². The van der Waals surface area contributed by atoms with Crippen molar-refractivity contribution >= 4 is 29.1 Å². The number of ether oxygens (including phenoxy) is 1. The number of alkyl halides is 3. The number of carbonyl (C=O) groups is 3. The lowest BCUT2D eigenvalue weighted by Gasteiger charge is -2.27. The molecule has 2 aromatic carbocycles. The zero-order valence-corrected chi connectivity index (χ0v) is 26.8. The molecule has 2 heterocycles. The molecule has 1 aliphatic rings. The maximum absolute atomic E-state index is 13.2. The summed E-state index contributed by atoms with van der Waals surface area (Å²) in [4.78, 5) is 50.0. The second kappa shape index (κ2) is 14.3. The fraction of sp³-hybridized carbons (Fsp3) is 0.412. The van der Waals surface area contributed by atoms with Crippen molar-refractivity contribution in [3.05, 3.63) is 83.7 Å². The molecule has 4 rings (SSSR count). The SMILES string of the molecule is CCN1C(=O)C(C)(C)C(=O)N(C)c2cc(OCCCN(CCN(C)C(=O)c3cccc(C(F)(F)F)c3)Cc3ccncc3)ccc21. The molecule has 0 unspecified atom stereocenters. The van der Waals surface area contributed by atoms with Crippen LogP contribution in [0.2, 0.25) is 0 Å². The first-order valence-electron chi connectivity index (χ1n) is 15.1. The van der Waals surface area contributed by atoms with E-state index < -0.39 is 23.1 Å². The van der Waals surface area contributed by atoms with Gasteiger partial charge in [0.15, 0.2) is 0 Å². The Kier molecular flexibility index (Phi) is 10.7. The average molecular weight is 640 g/mol. The molecule has 0 bridgehead atoms. The van der Waals surface area contributed by atoms with Crippen LogP contribution in [0, 0.1) is 5.41 Å². The molecular formula is C34H40F3N5O4. The smallest absolute Gasteiger partial charge is 0.416 e. The van der Waals surface area contributed by atoms with Crippen LogP contribution in [0.1, 0.15) is 48.7 Å². The Morgan fingerprint density at radius 3 is 2.35 bits per heavy atom. The van der Waals surface area contributed by atoms with E-state index in [2.05, 4.69) is 9.88 Å². The van der Waals surface area contributed by atoms with Crippen molar-refractivity contribution in [1.29, 1.82) is 0 Å². The minimum atomic E-state index is -4.53. The number of likely N-dealkylation sites (N-methyl/N-ethyl adjacent to an activating group) is 1. The van der Waals surface area contributed by atoms with Crippen LogP contribution in [0.3, 0.4) is 0 Å². The van der Waals surface area contributed by atoms with Crippen LogP contribution < -0.4 is 14.5 Å². The summed E-state index contributed by atoms with van der Waals surface area (Å²) < 4.78 is 45.6. The Balaban J connectivity index is 1.40. The van der Waals surface area contributed by atoms with E-state index >= 15 is 0 Å². The molecule has 46 heavy (non-hydrogen) atoms. The van der Waals surface area contributed by atoms with E-state index in [1.165, 1.54) is 21.9 Å². The van der Waals surface area contributed by atoms with E-state index in [-0.39, 0.29) is 17.4 Å². The quantitative estimate of drug-likeness (QED) is 0.192. The van der Waals surface area contributed by atoms with Gasteiger partial charge in [0.1, 0.15) is 11.2 Å². The molecule has 0 N–H and O–H groups in total. The highest BCUT2D eigenvalue weighted by atomic mass is 19.4. The average Bonchev–Trinajstić information content (AvgIpc) is 3.09. The lowest BCUT2D eigenvalue weighted by molar-refractivity contribution is -0.138. The summed E-state index contributed by atoms with van der Waals surface area (Å²) in [5.74, 6) is -0.476. The molecule has 0 radical (unpaired) electrons. The first-order chi connectivity index (χ1) is 21.7. The molecule has 0 aliphatic carbocycles. The van der Waals surface area contributed by atoms with Gasteiger partial charge in [0.2, 0.25) is 11.8 Å². The Bertz CT molecular complexity index is 1550. The van der Waals surface area contributed by atoms with Crippen LogP contribution in [0.25, 0.3) is 0 Å². The van der Waals surface area contributed by atoms with Gasteiger partial charge in [-0.1, -0.05) is 6.07 Å². The van der Waals surface area contributed by atoms with Crippen LogP contribution in [-0.4, -0.2) is 79.4 Å². The summed E-state index contributed by atoms with van der Waals surface area (Å²) in [5.41, 5.74) is 0.187. The van der Waals surface area contributed by atoms with Crippen LogP contribution in [-0.2, 0) is 22.3 Å². The van der Waals surface area contributed by atoms with E-state index in [4.69, 9.17) is 4.74 Å². The molecule has 0 atom stereocenters. The number of halogens is 3. The van der Waals surface area contributed by atoms with Crippen LogP contribution in [0.5, 0.6) is 5.75 Å². The molecule has 246 valence electrons. The molecule has 3 amide bonds. The molecule has 1 aromatic heterocycles. The number of amides is 3. The van der Waals surface area contributed by atoms with Crippen LogP contribution in [0.4, 0.5) is 24.5 Å². The Morgan fingerprint density at radius 2 is 1.67 bits per heavy atom. The highest BCUT2D eigenvalue weighted by Gasteiger charge is 2.45. The molecular weight excluding hydrogens is 599 g/mol. The van der Waals surface area contributed by atoms with E-state index in [0.717, 1.165) is 17.7 Å². The van der Waals surface area contributed by atoms with Crippen molar-refractivity contribution in [2.24, 2.45) is 5.41 Å². The summed E-state index contributed by atoms with van der Waals surface area (Å²) in [5, 5.41) is 0. The van der Waals surface area contributed by atoms with E-state index in [9.17, 15) is 27.6 Å². The number of anilines is 2. The molecule has 0 spiro atoms. The summed E-state index contributed by atoms with van der Waals surface area (Å²) in [6.07, 6.45) is -0.493. The Morgan fingerprint density at radius 1 is 0.957 bits per heavy atom. The van der Waals surface area contributed by atoms with E-state index in [0.29, 0.717) is 62.9 Å². The van der Waals surface area contributed by atoms with Crippen molar-refractivity contribution in [2.45, 2.75) is 39.9 Å². The fourth-order valence-corrected chi connectivity index (χ4v) is 5.41. The Labute approximate surface area is 267 Å². The second-order valence-electron chi connectivity index (χ2n) is 11.8. The lowest BCUT2D eigenvalue weighted by Crippen LogP contribution is -2.47. The zero-order valence-electron chi connectivity index (χ0n) is 26.8. The largest absolute Gasteiger partial charge is 0.493 e. The van der Waals surface area contributed by atoms with Gasteiger partial charge >= 0.3 is 6.18 Å². The van der Waals surface area contributed by atoms with E-state index in [1.54, 1.807) is 63.4 Å². The normalized spacial score (nSPS) is 14.7. The minimum Gasteiger partial charge on any atom is -0.493 e. The summed E-state index contributed by atoms with van der Waals surface area (Å²) >= 11 is 0. The summed E-state index contributed by atoms with van der Waals surface area (Å²) in [7, 11) is 3.23. The number of hydrogen-bond acceptors (Lipinski definition) is 6. The van der Waals surface area contributed by atoms with Crippen molar-refractivity contribution in [3.8, 4) is 5.75 Å². The van der Waals surface area contributed by atoms with E-state index in [1.807, 2.05) is 19.1 Å². The second-order valence-corrected chi connectivity index (χ2v) is 11.8. The topological polar surface area (TPSA) is 86.3 Å². The predicted octanol–water partition coefficient (Wildman–Crippen LogP) is 5.50. The maximum Gasteiger partial charge on any atom is 0.416 e. The number of rotatable bonds is 12. The fourth-order valence-electron chi connectivity index (χ4n) is 5.41. The standard InChI is InChI=1S/C34H40F3N5O4/c1-6-42-28-12-11-27(22-29(28)40(5)31(44)33(2,3)32(42)45)46-20-8-17-41(23-24-13-15-38-16-14-24)19-18-39(4)30(43)25-9-7-10-26(21-25)34(35,36)37/h7,9-16,21-22H,6,8,17-20,23H2,1-5H3. The van der Waals surface area contributed by atoms with Crippen molar-refractivity contribution in [2.75, 3.05) is 56.7 Å². The lowest BCUT2D eigenvalue weighted by atomic mass is 9.90. The third-order valence-corrected chi connectivity index (χ3v) is 8.11. The van der Waals surface area contributed by atoms with Gasteiger partial charge in [0, 0.05) is 70.8 Å². The van der Waals surface area contributed by atoms with Gasteiger partial charge in [0.05, 0.1) is 23.5 Å². The summed E-state index contributed by atoms with van der Waals surface area (Å²) in [6, 6.07) is 13.6. The molecule has 12 heteroatoms. The molecule has 9 nitrogen and oxygen atoms in total. The number of carbonyl (C=O) groups excluding carboxylic acids is 3. The zero-order chi connectivity index (χ0) is 33.6. The van der Waals surface area contributed by atoms with Gasteiger partial charge < -0.3 is 19.4 Å². The van der Waals surface area contributed by atoms with Gasteiger partial charge in [-0.15, -0.1) is 0 Å². The number of benzene rings is 2. The van der Waals surface area contributed by atoms with Gasteiger partial charge in [0.25, 0.3) is 5.91 Å². The number of fused-ring (bicyclic) bond motifs is 1. The summed E-state index contributed by atoms with van der Waals surface area (Å²) in [6.45, 7) is 7.90. The van der Waals surface area contributed by atoms with Gasteiger partial charge in [-0.3, -0.25) is 24.3 Å². The first kappa shape index (κ1) is 34.4. The van der Waals surface area contributed by atoms with Gasteiger partial charge in [-0.05, 0) is 75.2 Å². The van der Waals surface area contributed by atoms with Crippen LogP contribution >= 0.6 is 0 Å². The van der Waals surface area contributed by atoms with Crippen molar-refractivity contribution in [3.63, 3.8) is 0 Å².